The Morgan fingerprint density at radius 1 is 1.17 bits per heavy atom. The van der Waals surface area contributed by atoms with E-state index in [0.29, 0.717) is 28.0 Å². The SMILES string of the molecule is COc1cccc2c1COc1ccc3cc(C)cc(O)c3c1C2=O. The van der Waals surface area contributed by atoms with Gasteiger partial charge in [-0.15, -0.1) is 0 Å². The van der Waals surface area contributed by atoms with Gasteiger partial charge in [-0.25, -0.2) is 0 Å². The summed E-state index contributed by atoms with van der Waals surface area (Å²) in [6, 6.07) is 12.6. The molecule has 24 heavy (non-hydrogen) atoms. The molecule has 0 aromatic heterocycles. The molecular formula is C20H16O4. The number of aryl methyl sites for hydroxylation is 1. The van der Waals surface area contributed by atoms with E-state index in [9.17, 15) is 9.90 Å². The predicted molar refractivity (Wildman–Crippen MR) is 91.1 cm³/mol. The highest BCUT2D eigenvalue weighted by Crippen LogP contribution is 2.40. The van der Waals surface area contributed by atoms with Crippen LogP contribution in [0.2, 0.25) is 0 Å². The minimum Gasteiger partial charge on any atom is -0.507 e. The topological polar surface area (TPSA) is 55.8 Å². The van der Waals surface area contributed by atoms with Crippen molar-refractivity contribution >= 4 is 16.6 Å². The number of hydrogen-bond donors (Lipinski definition) is 1. The van der Waals surface area contributed by atoms with E-state index in [1.165, 1.54) is 0 Å². The summed E-state index contributed by atoms with van der Waals surface area (Å²) in [6.45, 7) is 2.15. The summed E-state index contributed by atoms with van der Waals surface area (Å²) in [5, 5.41) is 11.8. The monoisotopic (exact) mass is 320 g/mol. The Kier molecular flexibility index (Phi) is 3.20. The highest BCUT2D eigenvalue weighted by Gasteiger charge is 2.27. The number of fused-ring (bicyclic) bond motifs is 4. The second kappa shape index (κ2) is 5.27. The number of benzene rings is 3. The van der Waals surface area contributed by atoms with Crippen molar-refractivity contribution in [2.45, 2.75) is 13.5 Å². The predicted octanol–water partition coefficient (Wildman–Crippen LogP) is 3.99. The lowest BCUT2D eigenvalue weighted by Gasteiger charge is -2.11. The van der Waals surface area contributed by atoms with Crippen molar-refractivity contribution in [1.29, 1.82) is 0 Å². The van der Waals surface area contributed by atoms with Gasteiger partial charge in [-0.3, -0.25) is 4.79 Å². The van der Waals surface area contributed by atoms with Gasteiger partial charge in [0.15, 0.2) is 5.78 Å². The quantitative estimate of drug-likeness (QED) is 0.737. The zero-order chi connectivity index (χ0) is 16.8. The molecule has 0 atom stereocenters. The van der Waals surface area contributed by atoms with Crippen molar-refractivity contribution in [3.05, 3.63) is 64.7 Å². The number of ether oxygens (including phenoxy) is 2. The number of carbonyl (C=O) groups excluding carboxylic acids is 1. The molecule has 0 saturated heterocycles. The molecule has 4 rings (SSSR count). The average molecular weight is 320 g/mol. The molecule has 4 nitrogen and oxygen atoms in total. The zero-order valence-corrected chi connectivity index (χ0v) is 13.4. The molecule has 0 amide bonds. The first kappa shape index (κ1) is 14.6. The third kappa shape index (κ3) is 2.03. The van der Waals surface area contributed by atoms with Crippen molar-refractivity contribution < 1.29 is 19.4 Å². The molecule has 0 spiro atoms. The van der Waals surface area contributed by atoms with Crippen LogP contribution in [0.1, 0.15) is 27.0 Å². The minimum atomic E-state index is -0.166. The van der Waals surface area contributed by atoms with Gasteiger partial charge in [0.2, 0.25) is 0 Å². The summed E-state index contributed by atoms with van der Waals surface area (Å²) in [5.74, 6) is 1.02. The largest absolute Gasteiger partial charge is 0.507 e. The first-order chi connectivity index (χ1) is 11.6. The Labute approximate surface area is 139 Å². The summed E-state index contributed by atoms with van der Waals surface area (Å²) in [7, 11) is 1.57. The van der Waals surface area contributed by atoms with Gasteiger partial charge in [-0.05, 0) is 36.1 Å². The van der Waals surface area contributed by atoms with Crippen LogP contribution in [0.15, 0.2) is 42.5 Å². The highest BCUT2D eigenvalue weighted by molar-refractivity contribution is 6.20. The Bertz CT molecular complexity index is 989. The van der Waals surface area contributed by atoms with E-state index in [-0.39, 0.29) is 18.1 Å². The van der Waals surface area contributed by atoms with Crippen LogP contribution in [0.4, 0.5) is 0 Å². The van der Waals surface area contributed by atoms with E-state index in [1.807, 2.05) is 25.1 Å². The number of methoxy groups -OCH3 is 1. The number of phenolic OH excluding ortho intramolecular Hbond substituents is 1. The minimum absolute atomic E-state index is 0.0881. The summed E-state index contributed by atoms with van der Waals surface area (Å²) in [5.41, 5.74) is 2.60. The normalized spacial score (nSPS) is 13.0. The second-order valence-electron chi connectivity index (χ2n) is 5.93. The van der Waals surface area contributed by atoms with Crippen LogP contribution >= 0.6 is 0 Å². The summed E-state index contributed by atoms with van der Waals surface area (Å²) < 4.78 is 11.2. The number of aromatic hydroxyl groups is 1. The smallest absolute Gasteiger partial charge is 0.198 e. The third-order valence-electron chi connectivity index (χ3n) is 4.40. The maximum atomic E-state index is 13.2. The molecule has 3 aromatic carbocycles. The van der Waals surface area contributed by atoms with Gasteiger partial charge in [-0.1, -0.05) is 24.3 Å². The third-order valence-corrected chi connectivity index (χ3v) is 4.40. The van der Waals surface area contributed by atoms with Crippen LogP contribution in [-0.2, 0) is 6.61 Å². The lowest BCUT2D eigenvalue weighted by Crippen LogP contribution is -2.05. The maximum Gasteiger partial charge on any atom is 0.198 e. The average Bonchev–Trinajstić information content (AvgIpc) is 2.72. The second-order valence-corrected chi connectivity index (χ2v) is 5.93. The number of phenols is 1. The summed E-state index contributed by atoms with van der Waals surface area (Å²) in [6.07, 6.45) is 0. The molecule has 0 unspecified atom stereocenters. The van der Waals surface area contributed by atoms with Crippen molar-refractivity contribution in [3.8, 4) is 17.2 Å². The molecule has 1 heterocycles. The zero-order valence-electron chi connectivity index (χ0n) is 13.4. The van der Waals surface area contributed by atoms with Gasteiger partial charge in [0.25, 0.3) is 0 Å². The fourth-order valence-corrected chi connectivity index (χ4v) is 3.32. The highest BCUT2D eigenvalue weighted by atomic mass is 16.5. The molecule has 0 bridgehead atoms. The van der Waals surface area contributed by atoms with Crippen molar-refractivity contribution in [1.82, 2.24) is 0 Å². The summed E-state index contributed by atoms with van der Waals surface area (Å²) in [4.78, 5) is 13.2. The van der Waals surface area contributed by atoms with E-state index in [1.54, 1.807) is 31.4 Å². The molecular weight excluding hydrogens is 304 g/mol. The number of hydrogen-bond acceptors (Lipinski definition) is 4. The molecule has 1 aliphatic rings. The van der Waals surface area contributed by atoms with Crippen LogP contribution in [0.5, 0.6) is 17.2 Å². The number of carbonyl (C=O) groups is 1. The van der Waals surface area contributed by atoms with Crippen LogP contribution in [0.3, 0.4) is 0 Å². The molecule has 0 fully saturated rings. The standard InChI is InChI=1S/C20H16O4/c1-11-8-12-6-7-17-19(18(12)15(21)9-11)20(22)13-4-3-5-16(23-2)14(13)10-24-17/h3-9,21H,10H2,1-2H3. The molecule has 0 saturated carbocycles. The molecule has 4 heteroatoms. The van der Waals surface area contributed by atoms with Crippen molar-refractivity contribution in [2.75, 3.05) is 7.11 Å². The fraction of sp³-hybridized carbons (Fsp3) is 0.150. The van der Waals surface area contributed by atoms with Gasteiger partial charge in [0.1, 0.15) is 23.9 Å². The molecule has 1 aliphatic heterocycles. The van der Waals surface area contributed by atoms with E-state index >= 15 is 0 Å². The first-order valence-electron chi connectivity index (χ1n) is 7.70. The Hall–Kier alpha value is -3.01. The molecule has 120 valence electrons. The van der Waals surface area contributed by atoms with E-state index in [2.05, 4.69) is 0 Å². The lowest BCUT2D eigenvalue weighted by atomic mass is 9.93. The van der Waals surface area contributed by atoms with Gasteiger partial charge < -0.3 is 14.6 Å². The van der Waals surface area contributed by atoms with E-state index in [4.69, 9.17) is 9.47 Å². The van der Waals surface area contributed by atoms with Crippen LogP contribution in [-0.4, -0.2) is 18.0 Å². The Morgan fingerprint density at radius 3 is 2.79 bits per heavy atom. The van der Waals surface area contributed by atoms with Crippen LogP contribution in [0.25, 0.3) is 10.8 Å². The first-order valence-corrected chi connectivity index (χ1v) is 7.70. The van der Waals surface area contributed by atoms with Crippen LogP contribution in [0, 0.1) is 6.92 Å². The van der Waals surface area contributed by atoms with E-state index in [0.717, 1.165) is 16.5 Å². The van der Waals surface area contributed by atoms with Crippen molar-refractivity contribution in [2.24, 2.45) is 0 Å². The molecule has 0 radical (unpaired) electrons. The van der Waals surface area contributed by atoms with E-state index < -0.39 is 0 Å². The molecule has 1 N–H and O–H groups in total. The fourth-order valence-electron chi connectivity index (χ4n) is 3.32. The number of rotatable bonds is 1. The van der Waals surface area contributed by atoms with Gasteiger partial charge in [0, 0.05) is 16.5 Å². The maximum absolute atomic E-state index is 13.2. The van der Waals surface area contributed by atoms with Crippen LogP contribution < -0.4 is 9.47 Å². The van der Waals surface area contributed by atoms with Crippen molar-refractivity contribution in [3.63, 3.8) is 0 Å². The lowest BCUT2D eigenvalue weighted by molar-refractivity contribution is 0.103. The molecule has 0 aliphatic carbocycles. The van der Waals surface area contributed by atoms with Gasteiger partial charge in [0.05, 0.1) is 12.7 Å². The van der Waals surface area contributed by atoms with Gasteiger partial charge >= 0.3 is 0 Å². The Balaban J connectivity index is 2.05. The Morgan fingerprint density at radius 2 is 2.00 bits per heavy atom. The molecule has 3 aromatic rings. The number of ketones is 1. The summed E-state index contributed by atoms with van der Waals surface area (Å²) >= 11 is 0. The van der Waals surface area contributed by atoms with Gasteiger partial charge in [-0.2, -0.15) is 0 Å².